The molecule has 0 atom stereocenters. The van der Waals surface area contributed by atoms with Crippen LogP contribution in [0.5, 0.6) is 17.2 Å². The summed E-state index contributed by atoms with van der Waals surface area (Å²) < 4.78 is 22.1. The third-order valence-corrected chi connectivity index (χ3v) is 5.76. The maximum absolute atomic E-state index is 5.67. The van der Waals surface area contributed by atoms with Crippen molar-refractivity contribution in [1.29, 1.82) is 0 Å². The number of ether oxygens (including phenoxy) is 4. The van der Waals surface area contributed by atoms with Crippen molar-refractivity contribution in [3.05, 3.63) is 48.0 Å². The molecule has 1 aliphatic heterocycles. The van der Waals surface area contributed by atoms with Gasteiger partial charge in [0.2, 0.25) is 0 Å². The topological polar surface area (TPSA) is 73.3 Å². The Bertz CT molecular complexity index is 877. The number of nitrogens with one attached hydrogen (secondary N) is 2. The Labute approximate surface area is 191 Å². The van der Waals surface area contributed by atoms with Crippen LogP contribution in [0.25, 0.3) is 0 Å². The first-order valence-corrected chi connectivity index (χ1v) is 11.2. The van der Waals surface area contributed by atoms with Crippen molar-refractivity contribution in [2.45, 2.75) is 32.1 Å². The van der Waals surface area contributed by atoms with Gasteiger partial charge in [-0.15, -0.1) is 0 Å². The zero-order valence-corrected chi connectivity index (χ0v) is 19.6. The minimum absolute atomic E-state index is 0.0661. The van der Waals surface area contributed by atoms with E-state index in [0.29, 0.717) is 18.9 Å². The Morgan fingerprint density at radius 2 is 1.75 bits per heavy atom. The average molecular weight is 442 g/mol. The lowest BCUT2D eigenvalue weighted by molar-refractivity contribution is 0.0531. The summed E-state index contributed by atoms with van der Waals surface area (Å²) in [5.41, 5.74) is 2.09. The smallest absolute Gasteiger partial charge is 0.195 e. The first-order valence-electron chi connectivity index (χ1n) is 11.2. The second-order valence-corrected chi connectivity index (χ2v) is 7.74. The van der Waals surface area contributed by atoms with Gasteiger partial charge in [0, 0.05) is 36.9 Å². The van der Waals surface area contributed by atoms with Crippen molar-refractivity contribution < 1.29 is 18.9 Å². The van der Waals surface area contributed by atoms with E-state index in [4.69, 9.17) is 23.9 Å². The van der Waals surface area contributed by atoms with Crippen molar-refractivity contribution in [3.8, 4) is 17.2 Å². The zero-order chi connectivity index (χ0) is 22.8. The van der Waals surface area contributed by atoms with Crippen molar-refractivity contribution in [3.63, 3.8) is 0 Å². The number of hydrogen-bond donors (Lipinski definition) is 2. The van der Waals surface area contributed by atoms with Gasteiger partial charge in [0.05, 0.1) is 27.4 Å². The molecule has 2 N–H and O–H groups in total. The second kappa shape index (κ2) is 11.6. The van der Waals surface area contributed by atoms with E-state index in [9.17, 15) is 0 Å². The third-order valence-electron chi connectivity index (χ3n) is 5.76. The highest BCUT2D eigenvalue weighted by atomic mass is 16.5. The number of rotatable bonds is 9. The quantitative estimate of drug-likeness (QED) is 0.448. The summed E-state index contributed by atoms with van der Waals surface area (Å²) in [5.74, 6) is 3.01. The normalized spacial score (nSPS) is 15.7. The fourth-order valence-corrected chi connectivity index (χ4v) is 3.94. The molecule has 2 aromatic rings. The molecule has 1 fully saturated rings. The first-order chi connectivity index (χ1) is 15.6. The second-order valence-electron chi connectivity index (χ2n) is 7.74. The molecule has 1 saturated heterocycles. The molecule has 174 valence electrons. The number of methoxy groups -OCH3 is 2. The van der Waals surface area contributed by atoms with Crippen LogP contribution in [-0.4, -0.2) is 53.1 Å². The van der Waals surface area contributed by atoms with Crippen LogP contribution in [-0.2, 0) is 10.2 Å². The molecule has 0 saturated carbocycles. The van der Waals surface area contributed by atoms with Gasteiger partial charge in [0.25, 0.3) is 0 Å². The molecule has 7 heteroatoms. The standard InChI is InChI=1S/C25H35N3O4/c1-5-26-24(28-20-9-12-22(32-6-2)23(17-20)30-4)27-18-25(13-15-31-16-14-25)19-7-10-21(29-3)11-8-19/h7-12,17H,5-6,13-16,18H2,1-4H3,(H2,26,27,28). The number of anilines is 1. The summed E-state index contributed by atoms with van der Waals surface area (Å²) in [6.45, 7) is 7.50. The van der Waals surface area contributed by atoms with Gasteiger partial charge in [-0.2, -0.15) is 0 Å². The maximum Gasteiger partial charge on any atom is 0.195 e. The van der Waals surface area contributed by atoms with Crippen molar-refractivity contribution in [2.24, 2.45) is 4.99 Å². The van der Waals surface area contributed by atoms with Gasteiger partial charge >= 0.3 is 0 Å². The maximum atomic E-state index is 5.67. The summed E-state index contributed by atoms with van der Waals surface area (Å²) in [5, 5.41) is 6.75. The molecule has 32 heavy (non-hydrogen) atoms. The molecule has 0 aromatic heterocycles. The molecule has 0 unspecified atom stereocenters. The fraction of sp³-hybridized carbons (Fsp3) is 0.480. The minimum Gasteiger partial charge on any atom is -0.497 e. The van der Waals surface area contributed by atoms with Gasteiger partial charge in [-0.3, -0.25) is 4.99 Å². The molecule has 1 heterocycles. The Morgan fingerprint density at radius 3 is 2.38 bits per heavy atom. The first kappa shape index (κ1) is 23.7. The van der Waals surface area contributed by atoms with Gasteiger partial charge < -0.3 is 29.6 Å². The molecule has 0 radical (unpaired) electrons. The largest absolute Gasteiger partial charge is 0.497 e. The Hall–Kier alpha value is -2.93. The van der Waals surface area contributed by atoms with E-state index in [1.165, 1.54) is 5.56 Å². The van der Waals surface area contributed by atoms with Crippen LogP contribution in [0.4, 0.5) is 5.69 Å². The summed E-state index contributed by atoms with van der Waals surface area (Å²) in [4.78, 5) is 4.97. The van der Waals surface area contributed by atoms with E-state index >= 15 is 0 Å². The Kier molecular flexibility index (Phi) is 8.62. The SMILES string of the molecule is CCNC(=NCC1(c2ccc(OC)cc2)CCOCC1)Nc1ccc(OCC)c(OC)c1. The van der Waals surface area contributed by atoms with E-state index < -0.39 is 0 Å². The van der Waals surface area contributed by atoms with Crippen LogP contribution in [0.1, 0.15) is 32.3 Å². The van der Waals surface area contributed by atoms with E-state index in [1.54, 1.807) is 14.2 Å². The van der Waals surface area contributed by atoms with Crippen molar-refractivity contribution in [1.82, 2.24) is 5.32 Å². The van der Waals surface area contributed by atoms with E-state index in [0.717, 1.165) is 55.7 Å². The lowest BCUT2D eigenvalue weighted by Gasteiger charge is -2.36. The lowest BCUT2D eigenvalue weighted by Crippen LogP contribution is -2.39. The van der Waals surface area contributed by atoms with Crippen LogP contribution in [0, 0.1) is 0 Å². The molecule has 0 aliphatic carbocycles. The number of nitrogens with zero attached hydrogens (tertiary/aromatic N) is 1. The van der Waals surface area contributed by atoms with Gasteiger partial charge in [0.15, 0.2) is 17.5 Å². The summed E-state index contributed by atoms with van der Waals surface area (Å²) in [6.07, 6.45) is 1.86. The van der Waals surface area contributed by atoms with Gasteiger partial charge in [-0.25, -0.2) is 0 Å². The highest BCUT2D eigenvalue weighted by molar-refractivity contribution is 5.94. The number of aliphatic imine (C=N–C) groups is 1. The summed E-state index contributed by atoms with van der Waals surface area (Å²) in [6, 6.07) is 14.1. The molecule has 0 spiro atoms. The summed E-state index contributed by atoms with van der Waals surface area (Å²) >= 11 is 0. The molecule has 7 nitrogen and oxygen atoms in total. The molecule has 0 amide bonds. The predicted octanol–water partition coefficient (Wildman–Crippen LogP) is 4.23. The summed E-state index contributed by atoms with van der Waals surface area (Å²) in [7, 11) is 3.33. The fourth-order valence-electron chi connectivity index (χ4n) is 3.94. The lowest BCUT2D eigenvalue weighted by atomic mass is 9.74. The van der Waals surface area contributed by atoms with E-state index in [2.05, 4.69) is 29.7 Å². The zero-order valence-electron chi connectivity index (χ0n) is 19.6. The van der Waals surface area contributed by atoms with E-state index in [-0.39, 0.29) is 5.41 Å². The van der Waals surface area contributed by atoms with Crippen LogP contribution < -0.4 is 24.8 Å². The molecule has 3 rings (SSSR count). The van der Waals surface area contributed by atoms with Gasteiger partial charge in [0.1, 0.15) is 5.75 Å². The minimum atomic E-state index is -0.0661. The Balaban J connectivity index is 1.82. The highest BCUT2D eigenvalue weighted by Crippen LogP contribution is 2.36. The van der Waals surface area contributed by atoms with Crippen LogP contribution in [0.3, 0.4) is 0 Å². The van der Waals surface area contributed by atoms with E-state index in [1.807, 2.05) is 37.3 Å². The molecule has 0 bridgehead atoms. The van der Waals surface area contributed by atoms with Crippen molar-refractivity contribution >= 4 is 11.6 Å². The average Bonchev–Trinajstić information content (AvgIpc) is 2.84. The number of hydrogen-bond acceptors (Lipinski definition) is 5. The van der Waals surface area contributed by atoms with Crippen LogP contribution in [0.15, 0.2) is 47.5 Å². The van der Waals surface area contributed by atoms with Crippen LogP contribution in [0.2, 0.25) is 0 Å². The van der Waals surface area contributed by atoms with Gasteiger partial charge in [-0.05, 0) is 56.5 Å². The molecular weight excluding hydrogens is 406 g/mol. The predicted molar refractivity (Wildman–Crippen MR) is 128 cm³/mol. The highest BCUT2D eigenvalue weighted by Gasteiger charge is 2.34. The monoisotopic (exact) mass is 441 g/mol. The third kappa shape index (κ3) is 5.85. The molecular formula is C25H35N3O4. The molecule has 1 aliphatic rings. The number of benzene rings is 2. The number of guanidine groups is 1. The van der Waals surface area contributed by atoms with Crippen molar-refractivity contribution in [2.75, 3.05) is 52.4 Å². The van der Waals surface area contributed by atoms with Gasteiger partial charge in [-0.1, -0.05) is 12.1 Å². The van der Waals surface area contributed by atoms with Crippen LogP contribution >= 0.6 is 0 Å². The molecule has 2 aromatic carbocycles. The Morgan fingerprint density at radius 1 is 1.00 bits per heavy atom.